The van der Waals surface area contributed by atoms with Gasteiger partial charge in [-0.3, -0.25) is 0 Å². The van der Waals surface area contributed by atoms with Crippen LogP contribution in [0.4, 0.5) is 0 Å². The molecule has 0 saturated heterocycles. The molecule has 0 bridgehead atoms. The van der Waals surface area contributed by atoms with Gasteiger partial charge < -0.3 is 0 Å². The summed E-state index contributed by atoms with van der Waals surface area (Å²) in [5, 5.41) is 0. The van der Waals surface area contributed by atoms with Crippen molar-refractivity contribution in [3.63, 3.8) is 0 Å². The summed E-state index contributed by atoms with van der Waals surface area (Å²) in [4.78, 5) is 3.82. The van der Waals surface area contributed by atoms with Crippen LogP contribution in [0.2, 0.25) is 0 Å². The van der Waals surface area contributed by atoms with Gasteiger partial charge in [0.1, 0.15) is 0 Å². The Hall–Kier alpha value is -0.115. The molecule has 0 aliphatic rings. The van der Waals surface area contributed by atoms with E-state index >= 15 is 0 Å². The van der Waals surface area contributed by atoms with Crippen molar-refractivity contribution >= 4 is 25.9 Å². The molecule has 1 atom stereocenters. The molecule has 1 unspecified atom stereocenters. The fourth-order valence-electron chi connectivity index (χ4n) is 0.235. The van der Waals surface area contributed by atoms with E-state index in [1.807, 2.05) is 6.92 Å². The first-order valence-corrected chi connectivity index (χ1v) is 3.13. The Balaban J connectivity index is 3.35. The molecule has 0 saturated carbocycles. The van der Waals surface area contributed by atoms with Crippen LogP contribution in [0.3, 0.4) is 0 Å². The Morgan fingerprint density at radius 2 is 2.62 bits per heavy atom. The van der Waals surface area contributed by atoms with Crippen LogP contribution < -0.4 is 0 Å². The summed E-state index contributed by atoms with van der Waals surface area (Å²) >= 11 is 3.26. The Morgan fingerprint density at radius 3 is 3.00 bits per heavy atom. The molecule has 44 valence electrons. The summed E-state index contributed by atoms with van der Waals surface area (Å²) in [6.45, 7) is 1.92. The topological polar surface area (TPSA) is 29.4 Å². The van der Waals surface area contributed by atoms with Crippen molar-refractivity contribution in [3.8, 4) is 0 Å². The zero-order valence-corrected chi connectivity index (χ0v) is 5.79. The van der Waals surface area contributed by atoms with E-state index < -0.39 is 0 Å². The number of hydrogen-bond acceptors (Lipinski definition) is 2. The maximum atomic E-state index is 9.66. The van der Waals surface area contributed by atoms with E-state index in [2.05, 4.69) is 17.6 Å². The number of hydrogen-bond donors (Lipinski definition) is 0. The quantitative estimate of drug-likeness (QED) is 0.286. The molecule has 0 radical (unpaired) electrons. The predicted octanol–water partition coefficient (Wildman–Crippen LogP) is -0.536. The molecule has 0 aromatic carbocycles. The molecule has 0 N–H and O–H groups in total. The second kappa shape index (κ2) is 5.03. The van der Waals surface area contributed by atoms with Crippen LogP contribution >= 0.6 is 0 Å². The fourth-order valence-corrected chi connectivity index (χ4v) is 0.340. The molecule has 2 nitrogen and oxygen atoms in total. The average molecular weight is 130 g/mol. The first-order valence-electron chi connectivity index (χ1n) is 2.42. The Bertz CT molecular complexity index is 96.0. The monoisotopic (exact) mass is 130 g/mol. The summed E-state index contributed by atoms with van der Waals surface area (Å²) < 4.78 is 9.66. The minimum atomic E-state index is 0.205. The Kier molecular flexibility index (Phi) is 4.96. The van der Waals surface area contributed by atoms with Gasteiger partial charge in [-0.1, -0.05) is 0 Å². The third kappa shape index (κ3) is 4.05. The Morgan fingerprint density at radius 1 is 2.00 bits per heavy atom. The summed E-state index contributed by atoms with van der Waals surface area (Å²) in [6.07, 6.45) is 1.27. The van der Waals surface area contributed by atoms with Crippen LogP contribution in [0.1, 0.15) is 6.92 Å². The van der Waals surface area contributed by atoms with Crippen molar-refractivity contribution in [2.45, 2.75) is 13.0 Å². The number of aliphatic imine (C=N–C) groups is 1. The first-order chi connectivity index (χ1) is 3.81. The molecule has 0 rings (SSSR count). The SMILES string of the molecule is CC(C[SH2+])N=CB=O. The third-order valence-electron chi connectivity index (χ3n) is 0.697. The summed E-state index contributed by atoms with van der Waals surface area (Å²) in [7, 11) is 0.679. The molecule has 4 heteroatoms. The van der Waals surface area contributed by atoms with Gasteiger partial charge in [0.2, 0.25) is 0 Å². The van der Waals surface area contributed by atoms with Gasteiger partial charge in [-0.2, -0.15) is 0 Å². The normalized spacial score (nSPS) is 13.8. The zero-order chi connectivity index (χ0) is 6.41. The maximum absolute atomic E-state index is 9.66. The molecule has 0 aromatic heterocycles. The van der Waals surface area contributed by atoms with E-state index in [0.717, 1.165) is 5.75 Å². The van der Waals surface area contributed by atoms with Crippen LogP contribution in [0.25, 0.3) is 0 Å². The van der Waals surface area contributed by atoms with E-state index in [-0.39, 0.29) is 6.04 Å². The van der Waals surface area contributed by atoms with Crippen molar-refractivity contribution in [1.82, 2.24) is 0 Å². The van der Waals surface area contributed by atoms with E-state index in [0.29, 0.717) is 7.15 Å². The molecule has 0 aromatic rings. The first kappa shape index (κ1) is 7.88. The summed E-state index contributed by atoms with van der Waals surface area (Å²) in [6, 6.07) is 0.205. The molecule has 0 spiro atoms. The second-order valence-electron chi connectivity index (χ2n) is 1.49. The van der Waals surface area contributed by atoms with E-state index in [9.17, 15) is 4.70 Å². The number of nitrogens with zero attached hydrogens (tertiary/aromatic N) is 1. The van der Waals surface area contributed by atoms with Crippen LogP contribution in [0.15, 0.2) is 4.99 Å². The van der Waals surface area contributed by atoms with Crippen LogP contribution in [-0.2, 0) is 17.3 Å². The van der Waals surface area contributed by atoms with Crippen molar-refractivity contribution < 1.29 is 4.70 Å². The van der Waals surface area contributed by atoms with Crippen LogP contribution in [0.5, 0.6) is 0 Å². The van der Waals surface area contributed by atoms with Crippen molar-refractivity contribution in [2.24, 2.45) is 4.99 Å². The molecule has 8 heavy (non-hydrogen) atoms. The van der Waals surface area contributed by atoms with E-state index in [4.69, 9.17) is 0 Å². The van der Waals surface area contributed by atoms with Crippen molar-refractivity contribution in [1.29, 1.82) is 0 Å². The van der Waals surface area contributed by atoms with Gasteiger partial charge in [-0.05, 0) is 0 Å². The molecule has 0 heterocycles. The molecule has 0 aliphatic carbocycles. The number of rotatable bonds is 3. The van der Waals surface area contributed by atoms with Crippen molar-refractivity contribution in [3.05, 3.63) is 0 Å². The summed E-state index contributed by atoms with van der Waals surface area (Å²) in [5.41, 5.74) is 0. The minimum absolute atomic E-state index is 0.205. The predicted molar refractivity (Wildman–Crippen MR) is 39.4 cm³/mol. The van der Waals surface area contributed by atoms with Gasteiger partial charge in [0.15, 0.2) is 0 Å². The molecule has 0 aliphatic heterocycles. The third-order valence-corrected chi connectivity index (χ3v) is 1.29. The van der Waals surface area contributed by atoms with Crippen LogP contribution in [0, 0.1) is 0 Å². The van der Waals surface area contributed by atoms with Gasteiger partial charge >= 0.3 is 54.3 Å². The van der Waals surface area contributed by atoms with Gasteiger partial charge in [-0.25, -0.2) is 0 Å². The molecule has 0 amide bonds. The summed E-state index contributed by atoms with van der Waals surface area (Å²) in [5.74, 6) is 0.796. The fraction of sp³-hybridized carbons (Fsp3) is 0.750. The molecular formula is C4H9BNOS+. The van der Waals surface area contributed by atoms with Crippen molar-refractivity contribution in [2.75, 3.05) is 5.75 Å². The Labute approximate surface area is 55.0 Å². The second-order valence-corrected chi connectivity index (χ2v) is 1.90. The average Bonchev–Trinajstić information content (AvgIpc) is 1.83. The van der Waals surface area contributed by atoms with E-state index in [1.165, 1.54) is 6.11 Å². The van der Waals surface area contributed by atoms with Gasteiger partial charge in [0.05, 0.1) is 0 Å². The molecular weight excluding hydrogens is 121 g/mol. The molecule has 0 fully saturated rings. The van der Waals surface area contributed by atoms with Crippen LogP contribution in [-0.4, -0.2) is 25.1 Å². The standard InChI is InChI=1S/C4H8BNOS/c1-4(2-8)6-3-5-7/h3-4,8H,2H2,1H3/p+1. The van der Waals surface area contributed by atoms with E-state index in [1.54, 1.807) is 0 Å². The van der Waals surface area contributed by atoms with Gasteiger partial charge in [0, 0.05) is 0 Å². The zero-order valence-electron chi connectivity index (χ0n) is 4.79. The van der Waals surface area contributed by atoms with Gasteiger partial charge in [0.25, 0.3) is 0 Å². The van der Waals surface area contributed by atoms with Gasteiger partial charge in [-0.15, -0.1) is 0 Å².